The molecule has 0 aliphatic carbocycles. The highest BCUT2D eigenvalue weighted by molar-refractivity contribution is 5.95. The Bertz CT molecular complexity index is 816. The Labute approximate surface area is 182 Å². The highest BCUT2D eigenvalue weighted by Crippen LogP contribution is 2.31. The summed E-state index contributed by atoms with van der Waals surface area (Å²) >= 11 is 0. The van der Waals surface area contributed by atoms with Gasteiger partial charge in [0.2, 0.25) is 5.91 Å². The van der Waals surface area contributed by atoms with Crippen LogP contribution in [-0.2, 0) is 19.1 Å². The van der Waals surface area contributed by atoms with Crippen LogP contribution in [-0.4, -0.2) is 78.8 Å². The lowest BCUT2D eigenvalue weighted by Gasteiger charge is -2.47. The van der Waals surface area contributed by atoms with Gasteiger partial charge in [0.1, 0.15) is 6.61 Å². The molecule has 2 amide bonds. The van der Waals surface area contributed by atoms with Crippen LogP contribution in [0.25, 0.3) is 0 Å². The molecule has 2 N–H and O–H groups in total. The first kappa shape index (κ1) is 22.7. The molecule has 168 valence electrons. The van der Waals surface area contributed by atoms with Gasteiger partial charge in [0.15, 0.2) is 0 Å². The van der Waals surface area contributed by atoms with E-state index in [4.69, 9.17) is 15.3 Å². The molecule has 2 aliphatic rings. The van der Waals surface area contributed by atoms with Crippen molar-refractivity contribution in [3.8, 4) is 0 Å². The molecule has 0 bridgehead atoms. The van der Waals surface area contributed by atoms with Crippen LogP contribution < -0.4 is 5.84 Å². The number of nitrogens with zero attached hydrogens (tertiary/aromatic N) is 3. The van der Waals surface area contributed by atoms with Crippen LogP contribution >= 0.6 is 0 Å². The number of piperidine rings is 1. The normalized spacial score (nSPS) is 18.5. The molecule has 0 saturated carbocycles. The molecule has 1 spiro atoms. The minimum absolute atomic E-state index is 0.0238. The molecule has 31 heavy (non-hydrogen) atoms. The van der Waals surface area contributed by atoms with Crippen LogP contribution in [0.15, 0.2) is 29.4 Å². The van der Waals surface area contributed by atoms with E-state index in [1.54, 1.807) is 36.1 Å². The average molecular weight is 431 g/mol. The molecule has 3 rings (SSSR count). The third-order valence-corrected chi connectivity index (χ3v) is 5.79. The summed E-state index contributed by atoms with van der Waals surface area (Å²) in [5.74, 6) is 4.82. The standard InChI is InChI=1S/C22H30N4O5/c1-2-30-20(28)4-3-11-26-16-22(31-15-19(26)27)9-12-25(13-10-22)21(29)18-7-5-17(6-8-18)14-24-23/h5-8,14H,2-4,9-13,15-16,23H2,1H3. The summed E-state index contributed by atoms with van der Waals surface area (Å²) in [6, 6.07) is 7.15. The number of benzene rings is 1. The van der Waals surface area contributed by atoms with Gasteiger partial charge in [-0.3, -0.25) is 14.4 Å². The first-order valence-electron chi connectivity index (χ1n) is 10.7. The zero-order valence-electron chi connectivity index (χ0n) is 17.9. The first-order chi connectivity index (χ1) is 15.0. The fourth-order valence-electron chi connectivity index (χ4n) is 4.04. The van der Waals surface area contributed by atoms with Crippen molar-refractivity contribution >= 4 is 24.0 Å². The number of likely N-dealkylation sites (tertiary alicyclic amines) is 1. The molecule has 2 saturated heterocycles. The molecule has 1 aromatic carbocycles. The van der Waals surface area contributed by atoms with Crippen molar-refractivity contribution in [2.75, 3.05) is 39.4 Å². The molecule has 2 heterocycles. The summed E-state index contributed by atoms with van der Waals surface area (Å²) in [5.41, 5.74) is 1.02. The second kappa shape index (κ2) is 10.4. The number of hydrazone groups is 1. The summed E-state index contributed by atoms with van der Waals surface area (Å²) < 4.78 is 10.9. The van der Waals surface area contributed by atoms with Crippen molar-refractivity contribution < 1.29 is 23.9 Å². The van der Waals surface area contributed by atoms with Crippen LogP contribution in [0.2, 0.25) is 0 Å². The Kier molecular flexibility index (Phi) is 7.62. The van der Waals surface area contributed by atoms with Crippen molar-refractivity contribution in [3.05, 3.63) is 35.4 Å². The largest absolute Gasteiger partial charge is 0.466 e. The smallest absolute Gasteiger partial charge is 0.305 e. The zero-order valence-corrected chi connectivity index (χ0v) is 17.9. The Morgan fingerprint density at radius 3 is 2.61 bits per heavy atom. The van der Waals surface area contributed by atoms with Crippen molar-refractivity contribution in [3.63, 3.8) is 0 Å². The third kappa shape index (κ3) is 5.81. The van der Waals surface area contributed by atoms with Crippen LogP contribution in [0.5, 0.6) is 0 Å². The number of amides is 2. The number of ether oxygens (including phenoxy) is 2. The number of morpholine rings is 1. The highest BCUT2D eigenvalue weighted by Gasteiger charge is 2.42. The van der Waals surface area contributed by atoms with Gasteiger partial charge in [-0.2, -0.15) is 5.10 Å². The maximum atomic E-state index is 12.8. The Hall–Kier alpha value is -2.94. The van der Waals surface area contributed by atoms with Crippen LogP contribution in [0, 0.1) is 0 Å². The number of nitrogens with two attached hydrogens (primary N) is 1. The predicted octanol–water partition coefficient (Wildman–Crippen LogP) is 1.16. The topological polar surface area (TPSA) is 115 Å². The van der Waals surface area contributed by atoms with Crippen LogP contribution in [0.1, 0.15) is 48.5 Å². The minimum Gasteiger partial charge on any atom is -0.466 e. The van der Waals surface area contributed by atoms with Gasteiger partial charge >= 0.3 is 5.97 Å². The third-order valence-electron chi connectivity index (χ3n) is 5.79. The minimum atomic E-state index is -0.434. The lowest BCUT2D eigenvalue weighted by atomic mass is 9.88. The number of hydrogen-bond donors (Lipinski definition) is 1. The van der Waals surface area contributed by atoms with E-state index in [9.17, 15) is 14.4 Å². The van der Waals surface area contributed by atoms with Gasteiger partial charge in [-0.05, 0) is 43.9 Å². The molecule has 0 aromatic heterocycles. The lowest BCUT2D eigenvalue weighted by molar-refractivity contribution is -0.170. The van der Waals surface area contributed by atoms with Gasteiger partial charge in [0.25, 0.3) is 5.91 Å². The Morgan fingerprint density at radius 2 is 1.97 bits per heavy atom. The lowest BCUT2D eigenvalue weighted by Crippen LogP contribution is -2.59. The molecular weight excluding hydrogens is 400 g/mol. The summed E-state index contributed by atoms with van der Waals surface area (Å²) in [5, 5.41) is 3.48. The maximum Gasteiger partial charge on any atom is 0.305 e. The van der Waals surface area contributed by atoms with Gasteiger partial charge in [0, 0.05) is 38.2 Å². The van der Waals surface area contributed by atoms with Crippen molar-refractivity contribution in [1.82, 2.24) is 9.80 Å². The van der Waals surface area contributed by atoms with Gasteiger partial charge in [-0.1, -0.05) is 12.1 Å². The summed E-state index contributed by atoms with van der Waals surface area (Å²) in [7, 11) is 0. The summed E-state index contributed by atoms with van der Waals surface area (Å²) in [6.45, 7) is 4.30. The van der Waals surface area contributed by atoms with E-state index in [0.29, 0.717) is 64.0 Å². The molecule has 1 aromatic rings. The van der Waals surface area contributed by atoms with Crippen molar-refractivity contribution in [2.24, 2.45) is 10.9 Å². The number of carbonyl (C=O) groups excluding carboxylic acids is 3. The zero-order chi connectivity index (χ0) is 22.3. The monoisotopic (exact) mass is 430 g/mol. The highest BCUT2D eigenvalue weighted by atomic mass is 16.5. The van der Waals surface area contributed by atoms with E-state index >= 15 is 0 Å². The number of carbonyl (C=O) groups is 3. The fraction of sp³-hybridized carbons (Fsp3) is 0.545. The molecule has 9 heteroatoms. The second-order valence-electron chi connectivity index (χ2n) is 7.89. The Morgan fingerprint density at radius 1 is 1.26 bits per heavy atom. The van der Waals surface area contributed by atoms with E-state index in [1.165, 1.54) is 6.21 Å². The van der Waals surface area contributed by atoms with Gasteiger partial charge in [-0.15, -0.1) is 0 Å². The predicted molar refractivity (Wildman–Crippen MR) is 114 cm³/mol. The molecule has 0 radical (unpaired) electrons. The van der Waals surface area contributed by atoms with E-state index in [-0.39, 0.29) is 24.4 Å². The van der Waals surface area contributed by atoms with Crippen molar-refractivity contribution in [2.45, 2.75) is 38.2 Å². The van der Waals surface area contributed by atoms with Crippen LogP contribution in [0.3, 0.4) is 0 Å². The number of rotatable bonds is 7. The number of esters is 1. The van der Waals surface area contributed by atoms with E-state index in [0.717, 1.165) is 5.56 Å². The molecule has 2 fully saturated rings. The summed E-state index contributed by atoms with van der Waals surface area (Å²) in [4.78, 5) is 40.2. The molecule has 2 aliphatic heterocycles. The molecule has 0 atom stereocenters. The Balaban J connectivity index is 1.52. The van der Waals surface area contributed by atoms with Gasteiger partial charge < -0.3 is 25.1 Å². The quantitative estimate of drug-likeness (QED) is 0.300. The van der Waals surface area contributed by atoms with Gasteiger partial charge in [-0.25, -0.2) is 0 Å². The van der Waals surface area contributed by atoms with E-state index in [2.05, 4.69) is 5.10 Å². The van der Waals surface area contributed by atoms with E-state index < -0.39 is 5.60 Å². The molecule has 9 nitrogen and oxygen atoms in total. The fourth-order valence-corrected chi connectivity index (χ4v) is 4.04. The SMILES string of the molecule is CCOC(=O)CCCN1CC2(CCN(C(=O)c3ccc(C=NN)cc3)CC2)OCC1=O. The molecular formula is C22H30N4O5. The second-order valence-corrected chi connectivity index (χ2v) is 7.89. The van der Waals surface area contributed by atoms with Gasteiger partial charge in [0.05, 0.1) is 18.4 Å². The molecule has 0 unspecified atom stereocenters. The average Bonchev–Trinajstić information content (AvgIpc) is 2.77. The van der Waals surface area contributed by atoms with Crippen molar-refractivity contribution in [1.29, 1.82) is 0 Å². The summed E-state index contributed by atoms with van der Waals surface area (Å²) in [6.07, 6.45) is 3.72. The maximum absolute atomic E-state index is 12.8. The first-order valence-corrected chi connectivity index (χ1v) is 10.7. The van der Waals surface area contributed by atoms with E-state index in [1.807, 2.05) is 4.90 Å². The van der Waals surface area contributed by atoms with Crippen LogP contribution in [0.4, 0.5) is 0 Å². The number of hydrogen-bond acceptors (Lipinski definition) is 7.